The molecule has 1 aromatic heterocycles. The zero-order valence-corrected chi connectivity index (χ0v) is 18.7. The molecule has 0 bridgehead atoms. The number of esters is 1. The number of carbonyl (C=O) groups is 1. The lowest BCUT2D eigenvalue weighted by Crippen LogP contribution is -2.11. The molecule has 4 aromatic rings. The number of hydrogen-bond acceptors (Lipinski definition) is 6. The van der Waals surface area contributed by atoms with Gasteiger partial charge in [0.1, 0.15) is 17.9 Å². The van der Waals surface area contributed by atoms with E-state index in [4.69, 9.17) is 25.4 Å². The van der Waals surface area contributed by atoms with Crippen molar-refractivity contribution in [2.75, 3.05) is 6.61 Å². The van der Waals surface area contributed by atoms with Crippen LogP contribution in [0.15, 0.2) is 71.3 Å². The summed E-state index contributed by atoms with van der Waals surface area (Å²) in [7, 11) is 0. The lowest BCUT2D eigenvalue weighted by molar-refractivity contribution is -0.142. The van der Waals surface area contributed by atoms with E-state index in [2.05, 4.69) is 18.2 Å². The van der Waals surface area contributed by atoms with Gasteiger partial charge in [0.05, 0.1) is 19.3 Å². The molecule has 0 radical (unpaired) electrons. The Labute approximate surface area is 193 Å². The number of carbonyl (C=O) groups excluding carboxylic acids is 1. The average molecular weight is 445 g/mol. The van der Waals surface area contributed by atoms with E-state index >= 15 is 0 Å². The molecule has 0 saturated carbocycles. The highest BCUT2D eigenvalue weighted by Gasteiger charge is 2.15. The fourth-order valence-corrected chi connectivity index (χ4v) is 3.89. The molecule has 0 unspecified atom stereocenters. The maximum atomic E-state index is 12.1. The predicted octanol–water partition coefficient (Wildman–Crippen LogP) is 4.70. The second-order valence-electron chi connectivity index (χ2n) is 7.76. The Bertz CT molecular complexity index is 1260. The maximum absolute atomic E-state index is 12.1. The zero-order valence-electron chi connectivity index (χ0n) is 18.7. The second-order valence-corrected chi connectivity index (χ2v) is 7.76. The predicted molar refractivity (Wildman–Crippen MR) is 129 cm³/mol. The Hall–Kier alpha value is -3.61. The van der Waals surface area contributed by atoms with Gasteiger partial charge in [-0.2, -0.15) is 0 Å². The normalized spacial score (nSPS) is 11.0. The molecule has 6 heteroatoms. The molecule has 0 fully saturated rings. The lowest BCUT2D eigenvalue weighted by Gasteiger charge is -2.15. The fraction of sp³-hybridized carbons (Fsp3) is 0.222. The molecule has 0 atom stereocenters. The Morgan fingerprint density at radius 1 is 0.909 bits per heavy atom. The van der Waals surface area contributed by atoms with Gasteiger partial charge in [0.25, 0.3) is 0 Å². The number of nitrogens with two attached hydrogens (primary N) is 2. The highest BCUT2D eigenvalue weighted by molar-refractivity contribution is 5.86. The third-order valence-corrected chi connectivity index (χ3v) is 5.56. The minimum absolute atomic E-state index is 0.130. The van der Waals surface area contributed by atoms with E-state index in [1.807, 2.05) is 42.5 Å². The molecular formula is C27H28N2O4. The van der Waals surface area contributed by atoms with Gasteiger partial charge >= 0.3 is 5.97 Å². The molecule has 0 spiro atoms. The number of benzene rings is 3. The van der Waals surface area contributed by atoms with E-state index < -0.39 is 0 Å². The first-order chi connectivity index (χ1) is 16.1. The summed E-state index contributed by atoms with van der Waals surface area (Å²) in [5.41, 5.74) is 18.3. The van der Waals surface area contributed by atoms with Crippen LogP contribution >= 0.6 is 0 Å². The standard InChI is InChI=1S/C27H28N2O4/c1-2-31-26(30)13-21-7-4-8-22(15-29)27(21)33-17-23-16-32-25-10-9-20(12-24(23)25)19-6-3-5-18(11-19)14-28/h3-12,16H,2,13-15,17,28-29H2,1H3. The molecule has 0 saturated heterocycles. The van der Waals surface area contributed by atoms with Crippen molar-refractivity contribution in [1.82, 2.24) is 0 Å². The van der Waals surface area contributed by atoms with Crippen LogP contribution in [0.3, 0.4) is 0 Å². The van der Waals surface area contributed by atoms with E-state index in [0.717, 1.165) is 44.3 Å². The molecular weight excluding hydrogens is 416 g/mol. The third-order valence-electron chi connectivity index (χ3n) is 5.56. The van der Waals surface area contributed by atoms with Crippen molar-refractivity contribution >= 4 is 16.9 Å². The Kier molecular flexibility index (Phi) is 7.07. The van der Waals surface area contributed by atoms with Gasteiger partial charge in [-0.05, 0) is 41.8 Å². The van der Waals surface area contributed by atoms with E-state index in [9.17, 15) is 4.79 Å². The molecule has 0 aliphatic heterocycles. The number of fused-ring (bicyclic) bond motifs is 1. The molecule has 33 heavy (non-hydrogen) atoms. The smallest absolute Gasteiger partial charge is 0.310 e. The topological polar surface area (TPSA) is 101 Å². The highest BCUT2D eigenvalue weighted by atomic mass is 16.5. The number of hydrogen-bond donors (Lipinski definition) is 2. The van der Waals surface area contributed by atoms with Gasteiger partial charge in [0, 0.05) is 35.2 Å². The van der Waals surface area contributed by atoms with E-state index in [-0.39, 0.29) is 19.0 Å². The molecule has 1 heterocycles. The summed E-state index contributed by atoms with van der Waals surface area (Å²) >= 11 is 0. The van der Waals surface area contributed by atoms with E-state index in [1.54, 1.807) is 13.2 Å². The Morgan fingerprint density at radius 3 is 2.48 bits per heavy atom. The van der Waals surface area contributed by atoms with Crippen molar-refractivity contribution < 1.29 is 18.7 Å². The van der Waals surface area contributed by atoms with Crippen molar-refractivity contribution in [3.63, 3.8) is 0 Å². The van der Waals surface area contributed by atoms with Crippen LogP contribution in [0.4, 0.5) is 0 Å². The van der Waals surface area contributed by atoms with Crippen LogP contribution in [-0.2, 0) is 35.6 Å². The summed E-state index contributed by atoms with van der Waals surface area (Å²) in [6.45, 7) is 3.21. The van der Waals surface area contributed by atoms with Crippen molar-refractivity contribution in [3.05, 3.63) is 89.2 Å². The minimum atomic E-state index is -0.297. The van der Waals surface area contributed by atoms with Gasteiger partial charge in [0.15, 0.2) is 0 Å². The molecule has 0 amide bonds. The van der Waals surface area contributed by atoms with Crippen LogP contribution in [0.25, 0.3) is 22.1 Å². The molecule has 3 aromatic carbocycles. The van der Waals surface area contributed by atoms with E-state index in [0.29, 0.717) is 25.4 Å². The van der Waals surface area contributed by atoms with Gasteiger partial charge in [0.2, 0.25) is 0 Å². The quantitative estimate of drug-likeness (QED) is 0.363. The van der Waals surface area contributed by atoms with Crippen molar-refractivity contribution in [3.8, 4) is 16.9 Å². The summed E-state index contributed by atoms with van der Waals surface area (Å²) in [4.78, 5) is 12.1. The minimum Gasteiger partial charge on any atom is -0.488 e. The lowest BCUT2D eigenvalue weighted by atomic mass is 10.0. The summed E-state index contributed by atoms with van der Waals surface area (Å²) in [5, 5.41) is 0.975. The van der Waals surface area contributed by atoms with Crippen molar-refractivity contribution in [2.24, 2.45) is 11.5 Å². The molecule has 170 valence electrons. The van der Waals surface area contributed by atoms with Crippen LogP contribution in [-0.4, -0.2) is 12.6 Å². The van der Waals surface area contributed by atoms with Crippen LogP contribution in [0.1, 0.15) is 29.2 Å². The number of furan rings is 1. The maximum Gasteiger partial charge on any atom is 0.310 e. The van der Waals surface area contributed by atoms with Gasteiger partial charge in [-0.3, -0.25) is 4.79 Å². The second kappa shape index (κ2) is 10.3. The number of rotatable bonds is 9. The first-order valence-corrected chi connectivity index (χ1v) is 11.0. The number of ether oxygens (including phenoxy) is 2. The van der Waals surface area contributed by atoms with Gasteiger partial charge in [-0.25, -0.2) is 0 Å². The Morgan fingerprint density at radius 2 is 1.70 bits per heavy atom. The third kappa shape index (κ3) is 5.08. The summed E-state index contributed by atoms with van der Waals surface area (Å²) in [6, 6.07) is 19.9. The van der Waals surface area contributed by atoms with E-state index in [1.165, 1.54) is 0 Å². The SMILES string of the molecule is CCOC(=O)Cc1cccc(CN)c1OCc1coc2ccc(-c3cccc(CN)c3)cc12. The first kappa shape index (κ1) is 22.6. The van der Waals surface area contributed by atoms with Crippen LogP contribution in [0.2, 0.25) is 0 Å². The largest absolute Gasteiger partial charge is 0.488 e. The molecule has 6 nitrogen and oxygen atoms in total. The first-order valence-electron chi connectivity index (χ1n) is 11.0. The summed E-state index contributed by atoms with van der Waals surface area (Å²) in [6.07, 6.45) is 1.84. The summed E-state index contributed by atoms with van der Waals surface area (Å²) in [5.74, 6) is 0.323. The van der Waals surface area contributed by atoms with Gasteiger partial charge in [-0.15, -0.1) is 0 Å². The van der Waals surface area contributed by atoms with Gasteiger partial charge in [-0.1, -0.05) is 42.5 Å². The molecule has 4 N–H and O–H groups in total. The molecule has 0 aliphatic rings. The van der Waals surface area contributed by atoms with Crippen LogP contribution < -0.4 is 16.2 Å². The zero-order chi connectivity index (χ0) is 23.2. The number of para-hydroxylation sites is 1. The monoisotopic (exact) mass is 444 g/mol. The molecule has 4 rings (SSSR count). The van der Waals surface area contributed by atoms with Crippen molar-refractivity contribution in [2.45, 2.75) is 33.0 Å². The van der Waals surface area contributed by atoms with Crippen molar-refractivity contribution in [1.29, 1.82) is 0 Å². The molecule has 0 aliphatic carbocycles. The fourth-order valence-electron chi connectivity index (χ4n) is 3.89. The van der Waals surface area contributed by atoms with Crippen LogP contribution in [0.5, 0.6) is 5.75 Å². The van der Waals surface area contributed by atoms with Crippen LogP contribution in [0, 0.1) is 0 Å². The Balaban J connectivity index is 1.62. The highest BCUT2D eigenvalue weighted by Crippen LogP contribution is 2.31. The van der Waals surface area contributed by atoms with Gasteiger partial charge < -0.3 is 25.4 Å². The summed E-state index contributed by atoms with van der Waals surface area (Å²) < 4.78 is 17.1. The average Bonchev–Trinajstić information content (AvgIpc) is 3.25.